The van der Waals surface area contributed by atoms with Crippen molar-refractivity contribution in [1.29, 1.82) is 0 Å². The normalized spacial score (nSPS) is 17.4. The molecule has 0 spiro atoms. The van der Waals surface area contributed by atoms with E-state index < -0.39 is 29.1 Å². The smallest absolute Gasteiger partial charge is 0.420 e. The lowest BCUT2D eigenvalue weighted by Gasteiger charge is -2.27. The van der Waals surface area contributed by atoms with Crippen LogP contribution in [0.4, 0.5) is 13.2 Å². The summed E-state index contributed by atoms with van der Waals surface area (Å²) in [6.45, 7) is 0.395. The van der Waals surface area contributed by atoms with Crippen LogP contribution in [0.5, 0.6) is 17.2 Å². The second-order valence-electron chi connectivity index (χ2n) is 8.00. The van der Waals surface area contributed by atoms with Gasteiger partial charge in [-0.2, -0.15) is 13.2 Å². The quantitative estimate of drug-likeness (QED) is 0.480. The van der Waals surface area contributed by atoms with Gasteiger partial charge in [0.25, 0.3) is 5.91 Å². The van der Waals surface area contributed by atoms with E-state index in [0.29, 0.717) is 12.2 Å². The number of carbonyl (C=O) groups is 2. The average Bonchev–Trinajstić information content (AvgIpc) is 3.56. The van der Waals surface area contributed by atoms with Gasteiger partial charge >= 0.3 is 6.18 Å². The Kier molecular flexibility index (Phi) is 7.15. The molecule has 2 N–H and O–H groups in total. The summed E-state index contributed by atoms with van der Waals surface area (Å²) >= 11 is 0. The number of hydrogen-bond donors (Lipinski definition) is 2. The van der Waals surface area contributed by atoms with E-state index in [1.54, 1.807) is 12.1 Å². The lowest BCUT2D eigenvalue weighted by molar-refractivity contribution is -0.138. The fraction of sp³-hybridized carbons (Fsp3) is 0.292. The Morgan fingerprint density at radius 1 is 1.11 bits per heavy atom. The lowest BCUT2D eigenvalue weighted by atomic mass is 9.97. The standard InChI is InChI=1S/C24H22F3N3O6/c1-33-17-6-7-19(18(12-17)24(25,26)27)35-16-4-2-15(3-5-16)13-28-22(32)23(9-11-34-14-23)30-21(31)20-8-10-29-36-20/h2-8,10,12H,9,11,13-14H2,1H3,(H,28,32)(H,30,31). The van der Waals surface area contributed by atoms with Crippen molar-refractivity contribution in [2.24, 2.45) is 0 Å². The van der Waals surface area contributed by atoms with Crippen LogP contribution >= 0.6 is 0 Å². The summed E-state index contributed by atoms with van der Waals surface area (Å²) < 4.78 is 60.7. The minimum Gasteiger partial charge on any atom is -0.497 e. The summed E-state index contributed by atoms with van der Waals surface area (Å²) in [5.74, 6) is -1.19. The Morgan fingerprint density at radius 2 is 1.86 bits per heavy atom. The molecule has 36 heavy (non-hydrogen) atoms. The number of ether oxygens (including phenoxy) is 3. The SMILES string of the molecule is COc1ccc(Oc2ccc(CNC(=O)C3(NC(=O)c4ccno4)CCOC3)cc2)c(C(F)(F)F)c1. The predicted molar refractivity (Wildman–Crippen MR) is 118 cm³/mol. The molecule has 12 heteroatoms. The van der Waals surface area contributed by atoms with Crippen LogP contribution in [0, 0.1) is 0 Å². The molecule has 9 nitrogen and oxygen atoms in total. The van der Waals surface area contributed by atoms with Crippen LogP contribution in [0.2, 0.25) is 0 Å². The van der Waals surface area contributed by atoms with Gasteiger partial charge in [0.15, 0.2) is 0 Å². The van der Waals surface area contributed by atoms with Crippen molar-refractivity contribution in [3.8, 4) is 17.2 Å². The van der Waals surface area contributed by atoms with E-state index >= 15 is 0 Å². The third kappa shape index (κ3) is 5.60. The van der Waals surface area contributed by atoms with Gasteiger partial charge in [0, 0.05) is 25.6 Å². The Balaban J connectivity index is 1.40. The van der Waals surface area contributed by atoms with Gasteiger partial charge in [-0.25, -0.2) is 0 Å². The van der Waals surface area contributed by atoms with Gasteiger partial charge < -0.3 is 29.4 Å². The van der Waals surface area contributed by atoms with Crippen molar-refractivity contribution in [3.05, 3.63) is 71.6 Å². The van der Waals surface area contributed by atoms with Crippen molar-refractivity contribution in [1.82, 2.24) is 15.8 Å². The average molecular weight is 505 g/mol. The molecule has 190 valence electrons. The highest BCUT2D eigenvalue weighted by molar-refractivity contribution is 5.97. The first-order chi connectivity index (χ1) is 17.2. The minimum absolute atomic E-state index is 0.00507. The van der Waals surface area contributed by atoms with Crippen LogP contribution in [0.3, 0.4) is 0 Å². The lowest BCUT2D eigenvalue weighted by Crippen LogP contribution is -2.59. The van der Waals surface area contributed by atoms with Crippen LogP contribution in [0.1, 0.15) is 28.1 Å². The number of rotatable bonds is 8. The van der Waals surface area contributed by atoms with Gasteiger partial charge in [-0.15, -0.1) is 0 Å². The van der Waals surface area contributed by atoms with Crippen molar-refractivity contribution >= 4 is 11.8 Å². The van der Waals surface area contributed by atoms with Gasteiger partial charge in [0.2, 0.25) is 11.7 Å². The third-order valence-electron chi connectivity index (χ3n) is 5.57. The van der Waals surface area contributed by atoms with Gasteiger partial charge in [0.1, 0.15) is 28.4 Å². The first kappa shape index (κ1) is 25.0. The maximum Gasteiger partial charge on any atom is 0.420 e. The maximum absolute atomic E-state index is 13.4. The zero-order valence-corrected chi connectivity index (χ0v) is 19.1. The molecule has 2 heterocycles. The number of carbonyl (C=O) groups excluding carboxylic acids is 2. The molecule has 2 aromatic carbocycles. The van der Waals surface area contributed by atoms with E-state index in [1.807, 2.05) is 0 Å². The summed E-state index contributed by atoms with van der Waals surface area (Å²) in [6.07, 6.45) is -3.04. The van der Waals surface area contributed by atoms with E-state index in [4.69, 9.17) is 18.7 Å². The van der Waals surface area contributed by atoms with E-state index in [-0.39, 0.29) is 42.6 Å². The summed E-state index contributed by atoms with van der Waals surface area (Å²) in [6, 6.07) is 11.0. The molecule has 1 atom stereocenters. The highest BCUT2D eigenvalue weighted by Crippen LogP contribution is 2.40. The summed E-state index contributed by atoms with van der Waals surface area (Å²) in [5.41, 5.74) is -1.57. The fourth-order valence-corrected chi connectivity index (χ4v) is 3.61. The molecule has 1 aromatic heterocycles. The van der Waals surface area contributed by atoms with E-state index in [9.17, 15) is 22.8 Å². The third-order valence-corrected chi connectivity index (χ3v) is 5.57. The number of nitrogens with one attached hydrogen (secondary N) is 2. The molecule has 0 aliphatic carbocycles. The number of alkyl halides is 3. The second kappa shape index (κ2) is 10.3. The molecule has 0 bridgehead atoms. The summed E-state index contributed by atoms with van der Waals surface area (Å²) in [7, 11) is 1.28. The van der Waals surface area contributed by atoms with E-state index in [2.05, 4.69) is 15.8 Å². The molecule has 4 rings (SSSR count). The van der Waals surface area contributed by atoms with Crippen molar-refractivity contribution in [3.63, 3.8) is 0 Å². The number of nitrogens with zero attached hydrogens (tertiary/aromatic N) is 1. The number of methoxy groups -OCH3 is 1. The zero-order chi connectivity index (χ0) is 25.8. The number of benzene rings is 2. The topological polar surface area (TPSA) is 112 Å². The number of hydrogen-bond acceptors (Lipinski definition) is 7. The molecular formula is C24H22F3N3O6. The van der Waals surface area contributed by atoms with Crippen LogP contribution in [-0.2, 0) is 22.3 Å². The van der Waals surface area contributed by atoms with E-state index in [1.165, 1.54) is 43.6 Å². The molecule has 1 saturated heterocycles. The monoisotopic (exact) mass is 505 g/mol. The largest absolute Gasteiger partial charge is 0.497 e. The summed E-state index contributed by atoms with van der Waals surface area (Å²) in [5, 5.41) is 8.90. The van der Waals surface area contributed by atoms with Gasteiger partial charge in [0.05, 0.1) is 19.9 Å². The zero-order valence-electron chi connectivity index (χ0n) is 19.1. The Bertz CT molecular complexity index is 1210. The van der Waals surface area contributed by atoms with Crippen molar-refractivity contribution in [2.75, 3.05) is 20.3 Å². The van der Waals surface area contributed by atoms with Crippen LogP contribution in [-0.4, -0.2) is 42.8 Å². The van der Waals surface area contributed by atoms with Crippen molar-refractivity contribution < 1.29 is 41.5 Å². The highest BCUT2D eigenvalue weighted by atomic mass is 19.4. The second-order valence-corrected chi connectivity index (χ2v) is 8.00. The van der Waals surface area contributed by atoms with Crippen LogP contribution < -0.4 is 20.1 Å². The minimum atomic E-state index is -4.63. The Morgan fingerprint density at radius 3 is 2.47 bits per heavy atom. The molecule has 0 radical (unpaired) electrons. The first-order valence-corrected chi connectivity index (χ1v) is 10.8. The van der Waals surface area contributed by atoms with Gasteiger partial charge in [-0.05, 0) is 35.9 Å². The molecule has 0 saturated carbocycles. The predicted octanol–water partition coefficient (Wildman–Crippen LogP) is 3.70. The first-order valence-electron chi connectivity index (χ1n) is 10.8. The van der Waals surface area contributed by atoms with Gasteiger partial charge in [-0.1, -0.05) is 17.3 Å². The molecular weight excluding hydrogens is 483 g/mol. The summed E-state index contributed by atoms with van der Waals surface area (Å²) in [4.78, 5) is 25.3. The maximum atomic E-state index is 13.4. The number of aromatic nitrogens is 1. The van der Waals surface area contributed by atoms with E-state index in [0.717, 1.165) is 6.07 Å². The Labute approximate surface area is 203 Å². The molecule has 1 unspecified atom stereocenters. The molecule has 2 amide bonds. The van der Waals surface area contributed by atoms with Crippen molar-refractivity contribution in [2.45, 2.75) is 24.7 Å². The Hall–Kier alpha value is -4.06. The van der Waals surface area contributed by atoms with Crippen LogP contribution in [0.15, 0.2) is 59.3 Å². The molecule has 1 aliphatic rings. The molecule has 3 aromatic rings. The number of halogens is 3. The molecule has 1 fully saturated rings. The fourth-order valence-electron chi connectivity index (χ4n) is 3.61. The van der Waals surface area contributed by atoms with Gasteiger partial charge in [-0.3, -0.25) is 9.59 Å². The number of amides is 2. The molecule has 1 aliphatic heterocycles. The highest BCUT2D eigenvalue weighted by Gasteiger charge is 2.44. The van der Waals surface area contributed by atoms with Crippen LogP contribution in [0.25, 0.3) is 0 Å².